The third-order valence-electron chi connectivity index (χ3n) is 3.66. The lowest BCUT2D eigenvalue weighted by atomic mass is 10.1. The second kappa shape index (κ2) is 14.4. The van der Waals surface area contributed by atoms with Gasteiger partial charge in [-0.05, 0) is 54.0 Å². The average molecular weight is 330 g/mol. The minimum atomic E-state index is -0.229. The van der Waals surface area contributed by atoms with E-state index in [1.54, 1.807) is 14.1 Å². The van der Waals surface area contributed by atoms with Gasteiger partial charge in [0.05, 0.1) is 12.1 Å². The Kier molecular flexibility index (Phi) is 13.6. The van der Waals surface area contributed by atoms with Crippen molar-refractivity contribution in [3.05, 3.63) is 0 Å². The molecule has 0 aliphatic rings. The zero-order chi connectivity index (χ0) is 17.5. The first-order chi connectivity index (χ1) is 11.1. The summed E-state index contributed by atoms with van der Waals surface area (Å²) in [6.45, 7) is 2.71. The lowest BCUT2D eigenvalue weighted by Crippen LogP contribution is -2.46. The highest BCUT2D eigenvalue weighted by Gasteiger charge is 2.17. The Labute approximate surface area is 139 Å². The van der Waals surface area contributed by atoms with Crippen molar-refractivity contribution in [2.24, 2.45) is 0 Å². The van der Waals surface area contributed by atoms with Gasteiger partial charge in [0.1, 0.15) is 0 Å². The summed E-state index contributed by atoms with van der Waals surface area (Å²) >= 11 is 0. The molecule has 0 bridgehead atoms. The van der Waals surface area contributed by atoms with Crippen molar-refractivity contribution in [3.8, 4) is 0 Å². The maximum absolute atomic E-state index is 12.0. The Hall–Kier alpha value is -1.22. The average Bonchev–Trinajstić information content (AvgIpc) is 2.55. The van der Waals surface area contributed by atoms with Gasteiger partial charge in [0.25, 0.3) is 0 Å². The molecule has 0 aromatic heterocycles. The first-order valence-corrected chi connectivity index (χ1v) is 8.29. The van der Waals surface area contributed by atoms with Crippen LogP contribution >= 0.6 is 0 Å². The molecule has 0 fully saturated rings. The minimum absolute atomic E-state index is 0.00206. The second-order valence-electron chi connectivity index (χ2n) is 5.40. The second-order valence-corrected chi connectivity index (χ2v) is 5.40. The van der Waals surface area contributed by atoms with E-state index in [4.69, 9.17) is 0 Å². The number of likely N-dealkylation sites (N-methyl/N-ethyl adjacent to an activating group) is 3. The molecule has 0 radical (unpaired) electrons. The predicted octanol–water partition coefficient (Wildman–Crippen LogP) is -2.00. The van der Waals surface area contributed by atoms with Gasteiger partial charge in [0, 0.05) is 19.6 Å². The molecular weight excluding hydrogens is 296 g/mol. The summed E-state index contributed by atoms with van der Waals surface area (Å²) in [4.78, 5) is 23.9. The Balaban J connectivity index is 3.97. The highest BCUT2D eigenvalue weighted by atomic mass is 16.2. The number of amides is 2. The van der Waals surface area contributed by atoms with Gasteiger partial charge < -0.3 is 31.9 Å². The third-order valence-corrected chi connectivity index (χ3v) is 3.66. The van der Waals surface area contributed by atoms with Gasteiger partial charge in [-0.2, -0.15) is 0 Å². The molecule has 0 unspecified atom stereocenters. The summed E-state index contributed by atoms with van der Waals surface area (Å²) < 4.78 is 0. The van der Waals surface area contributed by atoms with Gasteiger partial charge in [-0.15, -0.1) is 0 Å². The van der Waals surface area contributed by atoms with E-state index in [0.29, 0.717) is 19.5 Å². The standard InChI is InChI=1S/C15H34N6O2/c1-16-9-7-13(19-4)15(23)20-8-5-6-12(18-3)14(22)21-11-10-17-2/h12-13,16-19H,5-11H2,1-4H3,(H,20,23)(H,21,22)/t12-,13-/m0/s1. The van der Waals surface area contributed by atoms with Crippen molar-refractivity contribution in [2.75, 3.05) is 54.4 Å². The molecule has 136 valence electrons. The van der Waals surface area contributed by atoms with Gasteiger partial charge in [0.15, 0.2) is 0 Å². The Morgan fingerprint density at radius 1 is 0.696 bits per heavy atom. The van der Waals surface area contributed by atoms with E-state index in [0.717, 1.165) is 25.9 Å². The van der Waals surface area contributed by atoms with Crippen LogP contribution in [0.15, 0.2) is 0 Å². The molecular formula is C15H34N6O2. The van der Waals surface area contributed by atoms with Gasteiger partial charge in [0.2, 0.25) is 11.8 Å². The third kappa shape index (κ3) is 10.2. The monoisotopic (exact) mass is 330 g/mol. The number of carbonyl (C=O) groups is 2. The van der Waals surface area contributed by atoms with E-state index in [1.165, 1.54) is 0 Å². The fraction of sp³-hybridized carbons (Fsp3) is 0.867. The minimum Gasteiger partial charge on any atom is -0.355 e. The molecule has 0 saturated heterocycles. The van der Waals surface area contributed by atoms with E-state index in [9.17, 15) is 9.59 Å². The fourth-order valence-electron chi connectivity index (χ4n) is 2.18. The molecule has 2 amide bonds. The Morgan fingerprint density at radius 2 is 1.22 bits per heavy atom. The van der Waals surface area contributed by atoms with E-state index in [-0.39, 0.29) is 23.9 Å². The Bertz CT molecular complexity index is 327. The quantitative estimate of drug-likeness (QED) is 0.206. The summed E-state index contributed by atoms with van der Waals surface area (Å²) in [5.41, 5.74) is 0. The molecule has 2 atom stereocenters. The van der Waals surface area contributed by atoms with E-state index < -0.39 is 0 Å². The molecule has 6 N–H and O–H groups in total. The lowest BCUT2D eigenvalue weighted by molar-refractivity contribution is -0.123. The van der Waals surface area contributed by atoms with Gasteiger partial charge in [-0.3, -0.25) is 9.59 Å². The van der Waals surface area contributed by atoms with E-state index in [2.05, 4.69) is 31.9 Å². The first-order valence-electron chi connectivity index (χ1n) is 8.29. The maximum Gasteiger partial charge on any atom is 0.237 e. The van der Waals surface area contributed by atoms with Crippen LogP contribution in [0.25, 0.3) is 0 Å². The van der Waals surface area contributed by atoms with Crippen LogP contribution in [0.4, 0.5) is 0 Å². The maximum atomic E-state index is 12.0. The van der Waals surface area contributed by atoms with Crippen LogP contribution in [0.2, 0.25) is 0 Å². The lowest BCUT2D eigenvalue weighted by Gasteiger charge is -2.18. The topological polar surface area (TPSA) is 106 Å². The zero-order valence-corrected chi connectivity index (χ0v) is 14.9. The molecule has 0 aromatic carbocycles. The molecule has 0 spiro atoms. The summed E-state index contributed by atoms with van der Waals surface area (Å²) in [6, 6.07) is -0.416. The van der Waals surface area contributed by atoms with Crippen molar-refractivity contribution in [1.29, 1.82) is 0 Å². The number of rotatable bonds is 14. The highest BCUT2D eigenvalue weighted by molar-refractivity contribution is 5.82. The number of hydrogen-bond donors (Lipinski definition) is 6. The number of hydrogen-bond acceptors (Lipinski definition) is 6. The SMILES string of the molecule is CNCCNC(=O)[C@H](CCCNC(=O)[C@H](CCNC)NC)NC. The van der Waals surface area contributed by atoms with Crippen molar-refractivity contribution in [2.45, 2.75) is 31.3 Å². The van der Waals surface area contributed by atoms with Crippen molar-refractivity contribution >= 4 is 11.8 Å². The van der Waals surface area contributed by atoms with Crippen LogP contribution in [-0.4, -0.2) is 78.3 Å². The molecule has 0 aliphatic heterocycles. The summed E-state index contributed by atoms with van der Waals surface area (Å²) in [7, 11) is 7.27. The van der Waals surface area contributed by atoms with E-state index >= 15 is 0 Å². The normalized spacial score (nSPS) is 13.4. The van der Waals surface area contributed by atoms with Crippen LogP contribution in [0.5, 0.6) is 0 Å². The number of nitrogens with one attached hydrogen (secondary N) is 6. The zero-order valence-electron chi connectivity index (χ0n) is 14.9. The van der Waals surface area contributed by atoms with E-state index in [1.807, 2.05) is 14.1 Å². The van der Waals surface area contributed by atoms with Crippen LogP contribution < -0.4 is 31.9 Å². The molecule has 0 saturated carbocycles. The molecule has 0 heterocycles. The summed E-state index contributed by atoms with van der Waals surface area (Å²) in [6.07, 6.45) is 2.17. The fourth-order valence-corrected chi connectivity index (χ4v) is 2.18. The van der Waals surface area contributed by atoms with Gasteiger partial charge in [-0.1, -0.05) is 0 Å². The predicted molar refractivity (Wildman–Crippen MR) is 93.4 cm³/mol. The smallest absolute Gasteiger partial charge is 0.237 e. The van der Waals surface area contributed by atoms with Crippen LogP contribution in [0.3, 0.4) is 0 Å². The van der Waals surface area contributed by atoms with Crippen LogP contribution in [-0.2, 0) is 9.59 Å². The van der Waals surface area contributed by atoms with Gasteiger partial charge in [-0.25, -0.2) is 0 Å². The molecule has 0 rings (SSSR count). The number of carbonyl (C=O) groups excluding carboxylic acids is 2. The van der Waals surface area contributed by atoms with Gasteiger partial charge >= 0.3 is 0 Å². The largest absolute Gasteiger partial charge is 0.355 e. The van der Waals surface area contributed by atoms with Crippen LogP contribution in [0, 0.1) is 0 Å². The highest BCUT2D eigenvalue weighted by Crippen LogP contribution is 1.97. The first kappa shape index (κ1) is 21.8. The van der Waals surface area contributed by atoms with Crippen molar-refractivity contribution in [1.82, 2.24) is 31.9 Å². The summed E-state index contributed by atoms with van der Waals surface area (Å²) in [5, 5.41) is 17.8. The molecule has 23 heavy (non-hydrogen) atoms. The van der Waals surface area contributed by atoms with Crippen molar-refractivity contribution in [3.63, 3.8) is 0 Å². The molecule has 0 aromatic rings. The van der Waals surface area contributed by atoms with Crippen LogP contribution in [0.1, 0.15) is 19.3 Å². The Morgan fingerprint density at radius 3 is 1.74 bits per heavy atom. The molecule has 0 aliphatic carbocycles. The molecule has 8 heteroatoms. The van der Waals surface area contributed by atoms with Crippen molar-refractivity contribution < 1.29 is 9.59 Å². The summed E-state index contributed by atoms with van der Waals surface area (Å²) in [5.74, 6) is -0.00146. The molecule has 8 nitrogen and oxygen atoms in total.